The van der Waals surface area contributed by atoms with Gasteiger partial charge in [0.25, 0.3) is 0 Å². The Morgan fingerprint density at radius 3 is 2.56 bits per heavy atom. The van der Waals surface area contributed by atoms with Crippen molar-refractivity contribution in [1.29, 1.82) is 0 Å². The molecule has 6 heteroatoms. The molecule has 1 fully saturated rings. The molecule has 5 nitrogen and oxygen atoms in total. The lowest BCUT2D eigenvalue weighted by atomic mass is 10.0. The van der Waals surface area contributed by atoms with Crippen LogP contribution in [0.15, 0.2) is 28.8 Å². The van der Waals surface area contributed by atoms with E-state index in [9.17, 15) is 9.18 Å². The van der Waals surface area contributed by atoms with Crippen molar-refractivity contribution in [3.05, 3.63) is 52.7 Å². The summed E-state index contributed by atoms with van der Waals surface area (Å²) in [5.74, 6) is 0.551. The van der Waals surface area contributed by atoms with Crippen LogP contribution in [-0.2, 0) is 11.2 Å². The summed E-state index contributed by atoms with van der Waals surface area (Å²) in [6.07, 6.45) is 5.04. The van der Waals surface area contributed by atoms with Gasteiger partial charge in [0, 0.05) is 12.1 Å². The first kappa shape index (κ1) is 19.5. The van der Waals surface area contributed by atoms with Crippen LogP contribution in [0.25, 0.3) is 0 Å². The quantitative estimate of drug-likeness (QED) is 0.752. The molecule has 1 aliphatic rings. The number of nitrogens with one attached hydrogen (secondary N) is 1. The van der Waals surface area contributed by atoms with Crippen molar-refractivity contribution in [3.8, 4) is 0 Å². The molecule has 0 bridgehead atoms. The number of amides is 1. The van der Waals surface area contributed by atoms with E-state index in [2.05, 4.69) is 15.4 Å². The molecule has 1 aromatic heterocycles. The van der Waals surface area contributed by atoms with Crippen LogP contribution in [0.3, 0.4) is 0 Å². The number of benzene rings is 1. The predicted molar refractivity (Wildman–Crippen MR) is 102 cm³/mol. The van der Waals surface area contributed by atoms with Crippen molar-refractivity contribution in [2.24, 2.45) is 0 Å². The van der Waals surface area contributed by atoms with Gasteiger partial charge < -0.3 is 9.84 Å². The van der Waals surface area contributed by atoms with E-state index in [-0.39, 0.29) is 17.8 Å². The Labute approximate surface area is 159 Å². The highest BCUT2D eigenvalue weighted by Gasteiger charge is 2.28. The highest BCUT2D eigenvalue weighted by Crippen LogP contribution is 2.25. The van der Waals surface area contributed by atoms with Crippen LogP contribution in [0.4, 0.5) is 4.39 Å². The smallest absolute Gasteiger partial charge is 0.241 e. The first-order valence-corrected chi connectivity index (χ1v) is 9.75. The number of hydrogen-bond donors (Lipinski definition) is 1. The van der Waals surface area contributed by atoms with Crippen molar-refractivity contribution in [2.75, 3.05) is 19.6 Å². The molecule has 1 saturated heterocycles. The molecular weight excluding hydrogens is 345 g/mol. The Bertz CT molecular complexity index is 732. The predicted octanol–water partition coefficient (Wildman–Crippen LogP) is 3.71. The summed E-state index contributed by atoms with van der Waals surface area (Å²) < 4.78 is 18.5. The van der Waals surface area contributed by atoms with Crippen molar-refractivity contribution < 1.29 is 13.7 Å². The molecule has 3 rings (SSSR count). The Balaban J connectivity index is 1.61. The van der Waals surface area contributed by atoms with Crippen molar-refractivity contribution >= 4 is 5.91 Å². The minimum absolute atomic E-state index is 0.0118. The SMILES string of the molecule is Cc1noc(C)c1CCCNC(=O)C(c1ccc(F)cc1)N1CCCCC1. The van der Waals surface area contributed by atoms with Gasteiger partial charge in [-0.3, -0.25) is 9.69 Å². The monoisotopic (exact) mass is 373 g/mol. The molecule has 2 heterocycles. The molecule has 1 N–H and O–H groups in total. The molecule has 1 aliphatic heterocycles. The average molecular weight is 373 g/mol. The van der Waals surface area contributed by atoms with Gasteiger partial charge in [-0.05, 0) is 70.3 Å². The normalized spacial score (nSPS) is 16.3. The Morgan fingerprint density at radius 1 is 1.22 bits per heavy atom. The fourth-order valence-electron chi connectivity index (χ4n) is 3.78. The zero-order valence-corrected chi connectivity index (χ0v) is 16.1. The number of nitrogens with zero attached hydrogens (tertiary/aromatic N) is 2. The largest absolute Gasteiger partial charge is 0.361 e. The molecule has 0 aliphatic carbocycles. The number of carbonyl (C=O) groups excluding carboxylic acids is 1. The van der Waals surface area contributed by atoms with Gasteiger partial charge >= 0.3 is 0 Å². The Kier molecular flexibility index (Phi) is 6.61. The minimum Gasteiger partial charge on any atom is -0.361 e. The number of aromatic nitrogens is 1. The van der Waals surface area contributed by atoms with Crippen molar-refractivity contribution in [2.45, 2.75) is 52.0 Å². The molecule has 2 aromatic rings. The van der Waals surface area contributed by atoms with E-state index in [0.29, 0.717) is 6.54 Å². The van der Waals surface area contributed by atoms with E-state index in [1.165, 1.54) is 18.6 Å². The van der Waals surface area contributed by atoms with E-state index >= 15 is 0 Å². The van der Waals surface area contributed by atoms with E-state index in [1.54, 1.807) is 12.1 Å². The number of aryl methyl sites for hydroxylation is 2. The molecule has 1 aromatic carbocycles. The standard InChI is InChI=1S/C21H28FN3O2/c1-15-19(16(2)27-24-15)7-6-12-23-21(26)20(25-13-4-3-5-14-25)17-8-10-18(22)11-9-17/h8-11,20H,3-7,12-14H2,1-2H3,(H,23,26). The lowest BCUT2D eigenvalue weighted by Gasteiger charge is -2.34. The first-order chi connectivity index (χ1) is 13.1. The molecule has 146 valence electrons. The summed E-state index contributed by atoms with van der Waals surface area (Å²) in [6, 6.07) is 5.94. The summed E-state index contributed by atoms with van der Waals surface area (Å²) in [6.45, 7) is 6.23. The highest BCUT2D eigenvalue weighted by atomic mass is 19.1. The molecule has 27 heavy (non-hydrogen) atoms. The molecule has 0 spiro atoms. The molecule has 1 atom stereocenters. The third-order valence-electron chi connectivity index (χ3n) is 5.27. The number of halogens is 1. The van der Waals surface area contributed by atoms with Crippen LogP contribution >= 0.6 is 0 Å². The second-order valence-corrected chi connectivity index (χ2v) is 7.25. The third kappa shape index (κ3) is 4.95. The zero-order valence-electron chi connectivity index (χ0n) is 16.1. The minimum atomic E-state index is -0.357. The number of rotatable bonds is 7. The maximum atomic E-state index is 13.3. The lowest BCUT2D eigenvalue weighted by molar-refractivity contribution is -0.127. The Morgan fingerprint density at radius 2 is 1.93 bits per heavy atom. The zero-order chi connectivity index (χ0) is 19.2. The van der Waals surface area contributed by atoms with Crippen LogP contribution in [0.1, 0.15) is 54.3 Å². The molecular formula is C21H28FN3O2. The fraction of sp³-hybridized carbons (Fsp3) is 0.524. The topological polar surface area (TPSA) is 58.4 Å². The van der Waals surface area contributed by atoms with Gasteiger partial charge in [-0.1, -0.05) is 23.7 Å². The molecule has 0 radical (unpaired) electrons. The van der Waals surface area contributed by atoms with Crippen LogP contribution in [-0.4, -0.2) is 35.6 Å². The van der Waals surface area contributed by atoms with E-state index < -0.39 is 0 Å². The summed E-state index contributed by atoms with van der Waals surface area (Å²) >= 11 is 0. The third-order valence-corrected chi connectivity index (χ3v) is 5.27. The van der Waals surface area contributed by atoms with Crippen molar-refractivity contribution in [3.63, 3.8) is 0 Å². The first-order valence-electron chi connectivity index (χ1n) is 9.75. The number of piperidine rings is 1. The van der Waals surface area contributed by atoms with E-state index in [1.807, 2.05) is 13.8 Å². The van der Waals surface area contributed by atoms with Crippen molar-refractivity contribution in [1.82, 2.24) is 15.4 Å². The summed E-state index contributed by atoms with van der Waals surface area (Å²) in [4.78, 5) is 15.2. The van der Waals surface area contributed by atoms with Crippen LogP contribution in [0, 0.1) is 19.7 Å². The maximum absolute atomic E-state index is 13.3. The number of hydrogen-bond acceptors (Lipinski definition) is 4. The highest BCUT2D eigenvalue weighted by molar-refractivity contribution is 5.83. The molecule has 0 saturated carbocycles. The van der Waals surface area contributed by atoms with Gasteiger partial charge in [0.05, 0.1) is 5.69 Å². The second kappa shape index (κ2) is 9.13. The summed E-state index contributed by atoms with van der Waals surface area (Å²) in [5.41, 5.74) is 2.88. The van der Waals surface area contributed by atoms with Gasteiger partial charge in [0.15, 0.2) is 0 Å². The van der Waals surface area contributed by atoms with E-state index in [0.717, 1.165) is 61.4 Å². The lowest BCUT2D eigenvalue weighted by Crippen LogP contribution is -2.43. The molecule has 1 unspecified atom stereocenters. The average Bonchev–Trinajstić information content (AvgIpc) is 2.99. The second-order valence-electron chi connectivity index (χ2n) is 7.25. The van der Waals surface area contributed by atoms with Gasteiger partial charge in [0.1, 0.15) is 17.6 Å². The van der Waals surface area contributed by atoms with E-state index in [4.69, 9.17) is 4.52 Å². The molecule has 1 amide bonds. The van der Waals surface area contributed by atoms with Crippen LogP contribution < -0.4 is 5.32 Å². The number of likely N-dealkylation sites (tertiary alicyclic amines) is 1. The fourth-order valence-corrected chi connectivity index (χ4v) is 3.78. The van der Waals surface area contributed by atoms with Crippen LogP contribution in [0.2, 0.25) is 0 Å². The summed E-state index contributed by atoms with van der Waals surface area (Å²) in [5, 5.41) is 7.04. The van der Waals surface area contributed by atoms with Crippen LogP contribution in [0.5, 0.6) is 0 Å². The number of carbonyl (C=O) groups is 1. The Hall–Kier alpha value is -2.21. The maximum Gasteiger partial charge on any atom is 0.241 e. The summed E-state index contributed by atoms with van der Waals surface area (Å²) in [7, 11) is 0. The van der Waals surface area contributed by atoms with Gasteiger partial charge in [-0.2, -0.15) is 0 Å². The van der Waals surface area contributed by atoms with Gasteiger partial charge in [-0.25, -0.2) is 4.39 Å². The van der Waals surface area contributed by atoms with Gasteiger partial charge in [0.2, 0.25) is 5.91 Å². The van der Waals surface area contributed by atoms with Gasteiger partial charge in [-0.15, -0.1) is 0 Å².